The summed E-state index contributed by atoms with van der Waals surface area (Å²) in [5, 5.41) is 0. The van der Waals surface area contributed by atoms with E-state index >= 15 is 0 Å². The Kier molecular flexibility index (Phi) is 1.87. The first-order valence-electron chi connectivity index (χ1n) is 4.35. The minimum Gasteiger partial charge on any atom is -0.380 e. The third-order valence-corrected chi connectivity index (χ3v) is 2.99. The lowest BCUT2D eigenvalue weighted by molar-refractivity contribution is -0.139. The molecule has 11 heavy (non-hydrogen) atoms. The summed E-state index contributed by atoms with van der Waals surface area (Å²) in [6.07, 6.45) is 2.56. The first kappa shape index (κ1) is 7.53. The van der Waals surface area contributed by atoms with E-state index in [1.165, 1.54) is 25.9 Å². The third-order valence-electron chi connectivity index (χ3n) is 2.99. The quantitative estimate of drug-likeness (QED) is 0.581. The second-order valence-electron chi connectivity index (χ2n) is 3.79. The van der Waals surface area contributed by atoms with Crippen LogP contribution in [0.5, 0.6) is 0 Å². The van der Waals surface area contributed by atoms with Gasteiger partial charge in [-0.15, -0.1) is 0 Å². The molecule has 0 atom stereocenters. The molecule has 3 heteroatoms. The molecule has 2 fully saturated rings. The third kappa shape index (κ3) is 1.28. The van der Waals surface area contributed by atoms with Crippen LogP contribution in [0.4, 0.5) is 0 Å². The Balaban J connectivity index is 1.84. The fourth-order valence-corrected chi connectivity index (χ4v) is 1.89. The van der Waals surface area contributed by atoms with Crippen molar-refractivity contribution in [2.45, 2.75) is 12.8 Å². The average molecular weight is 156 g/mol. The summed E-state index contributed by atoms with van der Waals surface area (Å²) in [4.78, 5) is 2.31. The second kappa shape index (κ2) is 2.73. The molecular weight excluding hydrogens is 140 g/mol. The van der Waals surface area contributed by atoms with Gasteiger partial charge in [0.1, 0.15) is 0 Å². The second-order valence-corrected chi connectivity index (χ2v) is 3.79. The van der Waals surface area contributed by atoms with Crippen molar-refractivity contribution in [2.24, 2.45) is 11.1 Å². The van der Waals surface area contributed by atoms with Crippen LogP contribution in [0.15, 0.2) is 0 Å². The van der Waals surface area contributed by atoms with Crippen LogP contribution >= 0.6 is 0 Å². The van der Waals surface area contributed by atoms with E-state index in [0.29, 0.717) is 5.41 Å². The number of hydrogen-bond acceptors (Lipinski definition) is 3. The molecule has 0 radical (unpaired) electrons. The predicted molar refractivity (Wildman–Crippen MR) is 43.1 cm³/mol. The summed E-state index contributed by atoms with van der Waals surface area (Å²) in [5.74, 6) is 0. The van der Waals surface area contributed by atoms with Crippen LogP contribution in [0.3, 0.4) is 0 Å². The maximum atomic E-state index is 5.55. The Labute approximate surface area is 67.5 Å². The van der Waals surface area contributed by atoms with Crippen LogP contribution < -0.4 is 5.73 Å². The van der Waals surface area contributed by atoms with Crippen molar-refractivity contribution in [1.29, 1.82) is 0 Å². The molecule has 0 saturated carbocycles. The van der Waals surface area contributed by atoms with Crippen LogP contribution in [-0.4, -0.2) is 37.9 Å². The Bertz CT molecular complexity index is 135. The number of rotatable bonds is 1. The molecule has 2 aliphatic heterocycles. The minimum absolute atomic E-state index is 0.561. The molecule has 0 aromatic heterocycles. The summed E-state index contributed by atoms with van der Waals surface area (Å²) in [6, 6.07) is 0. The van der Waals surface area contributed by atoms with E-state index in [1.807, 2.05) is 0 Å². The zero-order valence-corrected chi connectivity index (χ0v) is 6.88. The van der Waals surface area contributed by atoms with E-state index in [4.69, 9.17) is 10.5 Å². The molecule has 2 rings (SSSR count). The number of hydrogen-bond donors (Lipinski definition) is 1. The molecule has 0 aliphatic carbocycles. The van der Waals surface area contributed by atoms with Crippen molar-refractivity contribution in [2.75, 3.05) is 33.0 Å². The van der Waals surface area contributed by atoms with Gasteiger partial charge in [-0.3, -0.25) is 4.90 Å². The normalized spacial score (nSPS) is 30.3. The average Bonchev–Trinajstić information content (AvgIpc) is 2.02. The van der Waals surface area contributed by atoms with Crippen LogP contribution in [0.2, 0.25) is 0 Å². The molecule has 0 unspecified atom stereocenters. The standard InChI is InChI=1S/C8H16N2O/c9-7-10-3-1-8(2-4-10)5-11-6-8/h1-7,9H2. The molecule has 0 aromatic rings. The van der Waals surface area contributed by atoms with E-state index in [9.17, 15) is 0 Å². The summed E-state index contributed by atoms with van der Waals surface area (Å²) in [6.45, 7) is 5.04. The largest absolute Gasteiger partial charge is 0.380 e. The van der Waals surface area contributed by atoms with Gasteiger partial charge in [0.15, 0.2) is 0 Å². The first-order chi connectivity index (χ1) is 5.35. The van der Waals surface area contributed by atoms with Gasteiger partial charge in [0, 0.05) is 25.2 Å². The molecule has 64 valence electrons. The zero-order valence-electron chi connectivity index (χ0n) is 6.88. The Hall–Kier alpha value is -0.120. The van der Waals surface area contributed by atoms with E-state index < -0.39 is 0 Å². The lowest BCUT2D eigenvalue weighted by Gasteiger charge is -2.47. The number of ether oxygens (including phenoxy) is 1. The highest BCUT2D eigenvalue weighted by Crippen LogP contribution is 2.37. The van der Waals surface area contributed by atoms with Crippen LogP contribution in [0, 0.1) is 5.41 Å². The lowest BCUT2D eigenvalue weighted by Crippen LogP contribution is -2.51. The summed E-state index contributed by atoms with van der Waals surface area (Å²) in [5.41, 5.74) is 6.11. The van der Waals surface area contributed by atoms with Gasteiger partial charge in [0.2, 0.25) is 0 Å². The van der Waals surface area contributed by atoms with E-state index in [-0.39, 0.29) is 0 Å². The molecule has 2 heterocycles. The number of piperidine rings is 1. The van der Waals surface area contributed by atoms with Gasteiger partial charge in [-0.05, 0) is 12.8 Å². The highest BCUT2D eigenvalue weighted by molar-refractivity contribution is 4.90. The maximum Gasteiger partial charge on any atom is 0.0545 e. The number of nitrogens with zero attached hydrogens (tertiary/aromatic N) is 1. The van der Waals surface area contributed by atoms with Gasteiger partial charge in [-0.25, -0.2) is 0 Å². The van der Waals surface area contributed by atoms with E-state index in [2.05, 4.69) is 4.90 Å². The lowest BCUT2D eigenvalue weighted by atomic mass is 9.77. The van der Waals surface area contributed by atoms with Gasteiger partial charge in [0.05, 0.1) is 13.2 Å². The Morgan fingerprint density at radius 1 is 1.27 bits per heavy atom. The number of likely N-dealkylation sites (tertiary alicyclic amines) is 1. The van der Waals surface area contributed by atoms with Crippen molar-refractivity contribution < 1.29 is 4.74 Å². The summed E-state index contributed by atoms with van der Waals surface area (Å²) in [7, 11) is 0. The molecule has 1 spiro atoms. The Morgan fingerprint density at radius 2 is 1.91 bits per heavy atom. The molecule has 0 aromatic carbocycles. The maximum absolute atomic E-state index is 5.55. The molecule has 0 amide bonds. The minimum atomic E-state index is 0.561. The van der Waals surface area contributed by atoms with Gasteiger partial charge in [-0.1, -0.05) is 0 Å². The van der Waals surface area contributed by atoms with Crippen molar-refractivity contribution in [1.82, 2.24) is 4.90 Å². The molecule has 2 aliphatic rings. The van der Waals surface area contributed by atoms with Crippen molar-refractivity contribution >= 4 is 0 Å². The van der Waals surface area contributed by atoms with Gasteiger partial charge in [-0.2, -0.15) is 0 Å². The Morgan fingerprint density at radius 3 is 2.27 bits per heavy atom. The molecule has 3 nitrogen and oxygen atoms in total. The van der Waals surface area contributed by atoms with Crippen molar-refractivity contribution in [3.8, 4) is 0 Å². The van der Waals surface area contributed by atoms with Gasteiger partial charge >= 0.3 is 0 Å². The smallest absolute Gasteiger partial charge is 0.0545 e. The molecule has 2 N–H and O–H groups in total. The van der Waals surface area contributed by atoms with Crippen LogP contribution in [-0.2, 0) is 4.74 Å². The van der Waals surface area contributed by atoms with E-state index in [1.54, 1.807) is 0 Å². The van der Waals surface area contributed by atoms with Crippen LogP contribution in [0.25, 0.3) is 0 Å². The highest BCUT2D eigenvalue weighted by atomic mass is 16.5. The SMILES string of the molecule is NCN1CCC2(CC1)COC2. The number of nitrogens with two attached hydrogens (primary N) is 1. The van der Waals surface area contributed by atoms with E-state index in [0.717, 1.165) is 19.9 Å². The summed E-state index contributed by atoms with van der Waals surface area (Å²) < 4.78 is 5.23. The monoisotopic (exact) mass is 156 g/mol. The topological polar surface area (TPSA) is 38.5 Å². The van der Waals surface area contributed by atoms with Crippen molar-refractivity contribution in [3.05, 3.63) is 0 Å². The van der Waals surface area contributed by atoms with Gasteiger partial charge in [0.25, 0.3) is 0 Å². The van der Waals surface area contributed by atoms with Gasteiger partial charge < -0.3 is 10.5 Å². The molecule has 2 saturated heterocycles. The summed E-state index contributed by atoms with van der Waals surface area (Å²) >= 11 is 0. The zero-order chi connectivity index (χ0) is 7.73. The van der Waals surface area contributed by atoms with Crippen LogP contribution in [0.1, 0.15) is 12.8 Å². The molecule has 0 bridgehead atoms. The van der Waals surface area contributed by atoms with Crippen molar-refractivity contribution in [3.63, 3.8) is 0 Å². The highest BCUT2D eigenvalue weighted by Gasteiger charge is 2.40. The fraction of sp³-hybridized carbons (Fsp3) is 1.00. The first-order valence-corrected chi connectivity index (χ1v) is 4.35. The fourth-order valence-electron chi connectivity index (χ4n) is 1.89. The molecular formula is C8H16N2O. The predicted octanol–water partition coefficient (Wildman–Crippen LogP) is 0.0150.